The van der Waals surface area contributed by atoms with E-state index < -0.39 is 10.0 Å². The van der Waals surface area contributed by atoms with E-state index in [2.05, 4.69) is 10.2 Å². The zero-order valence-corrected chi connectivity index (χ0v) is 12.4. The van der Waals surface area contributed by atoms with Crippen LogP contribution in [0.1, 0.15) is 13.8 Å². The number of aromatic amines is 1. The molecule has 1 fully saturated rings. The maximum Gasteiger partial charge on any atom is 0.260 e. The number of carbonyl (C=O) groups excluding carboxylic acids is 1. The monoisotopic (exact) mass is 298 g/mol. The summed E-state index contributed by atoms with van der Waals surface area (Å²) in [7, 11) is -3.53. The number of allylic oxidation sites excluding steroid dienone is 1. The van der Waals surface area contributed by atoms with Crippen LogP contribution in [0.4, 0.5) is 0 Å². The lowest BCUT2D eigenvalue weighted by Gasteiger charge is -2.33. The molecule has 1 aromatic rings. The van der Waals surface area contributed by atoms with Crippen molar-refractivity contribution in [2.24, 2.45) is 0 Å². The highest BCUT2D eigenvalue weighted by molar-refractivity contribution is 7.89. The van der Waals surface area contributed by atoms with Crippen LogP contribution in [0.15, 0.2) is 28.9 Å². The number of hydrogen-bond donors (Lipinski definition) is 1. The third kappa shape index (κ3) is 3.07. The normalized spacial score (nSPS) is 17.0. The Morgan fingerprint density at radius 3 is 2.45 bits per heavy atom. The number of sulfonamides is 1. The van der Waals surface area contributed by atoms with Crippen LogP contribution in [0.5, 0.6) is 0 Å². The van der Waals surface area contributed by atoms with Gasteiger partial charge in [0.05, 0.1) is 6.20 Å². The minimum atomic E-state index is -3.53. The second-order valence-electron chi connectivity index (χ2n) is 4.87. The van der Waals surface area contributed by atoms with E-state index in [4.69, 9.17) is 0 Å². The number of rotatable bonds is 3. The van der Waals surface area contributed by atoms with Gasteiger partial charge in [0.25, 0.3) is 10.0 Å². The molecule has 1 N–H and O–H groups in total. The molecule has 0 radical (unpaired) electrons. The fourth-order valence-corrected chi connectivity index (χ4v) is 3.34. The fourth-order valence-electron chi connectivity index (χ4n) is 2.01. The van der Waals surface area contributed by atoms with Gasteiger partial charge in [0.2, 0.25) is 5.91 Å². The molecule has 1 aliphatic heterocycles. The predicted molar refractivity (Wildman–Crippen MR) is 73.4 cm³/mol. The molecule has 1 aromatic heterocycles. The number of H-pyrrole nitrogens is 1. The first kappa shape index (κ1) is 14.7. The van der Waals surface area contributed by atoms with E-state index in [0.29, 0.717) is 26.2 Å². The van der Waals surface area contributed by atoms with Gasteiger partial charge in [0, 0.05) is 32.3 Å². The Balaban J connectivity index is 2.02. The van der Waals surface area contributed by atoms with Gasteiger partial charge in [0.15, 0.2) is 5.03 Å². The van der Waals surface area contributed by atoms with Gasteiger partial charge in [-0.1, -0.05) is 5.57 Å². The maximum atomic E-state index is 12.2. The number of piperazine rings is 1. The van der Waals surface area contributed by atoms with E-state index in [1.54, 1.807) is 11.0 Å². The van der Waals surface area contributed by atoms with Gasteiger partial charge in [-0.2, -0.15) is 9.40 Å². The molecule has 1 amide bonds. The van der Waals surface area contributed by atoms with Crippen molar-refractivity contribution in [3.8, 4) is 0 Å². The molecule has 7 nitrogen and oxygen atoms in total. The maximum absolute atomic E-state index is 12.2. The molecule has 2 rings (SSSR count). The molecule has 110 valence electrons. The third-order valence-corrected chi connectivity index (χ3v) is 4.88. The second kappa shape index (κ2) is 5.76. The second-order valence-corrected chi connectivity index (χ2v) is 6.78. The van der Waals surface area contributed by atoms with Gasteiger partial charge in [-0.05, 0) is 19.9 Å². The molecule has 1 saturated heterocycles. The van der Waals surface area contributed by atoms with Crippen LogP contribution in [0.25, 0.3) is 0 Å². The first-order chi connectivity index (χ1) is 9.41. The van der Waals surface area contributed by atoms with Gasteiger partial charge in [0.1, 0.15) is 0 Å². The Kier molecular flexibility index (Phi) is 4.24. The summed E-state index contributed by atoms with van der Waals surface area (Å²) in [4.78, 5) is 13.5. The molecular formula is C12H18N4O3S. The van der Waals surface area contributed by atoms with Crippen LogP contribution >= 0.6 is 0 Å². The number of carbonyl (C=O) groups is 1. The highest BCUT2D eigenvalue weighted by atomic mass is 32.2. The van der Waals surface area contributed by atoms with E-state index >= 15 is 0 Å². The van der Waals surface area contributed by atoms with Gasteiger partial charge in [-0.15, -0.1) is 0 Å². The lowest BCUT2D eigenvalue weighted by molar-refractivity contribution is -0.127. The summed E-state index contributed by atoms with van der Waals surface area (Å²) in [6.45, 7) is 5.10. The van der Waals surface area contributed by atoms with Crippen LogP contribution < -0.4 is 0 Å². The molecular weight excluding hydrogens is 280 g/mol. The standard InChI is InChI=1S/C12H18N4O3S/c1-10(2)9-12(17)15-5-7-16(8-6-15)20(18,19)11-3-4-13-14-11/h3-4,9H,5-8H2,1-2H3,(H,13,14). The lowest BCUT2D eigenvalue weighted by atomic mass is 10.3. The van der Waals surface area contributed by atoms with Crippen molar-refractivity contribution in [2.75, 3.05) is 26.2 Å². The quantitative estimate of drug-likeness (QED) is 0.808. The summed E-state index contributed by atoms with van der Waals surface area (Å²) in [5, 5.41) is 6.21. The molecule has 0 atom stereocenters. The van der Waals surface area contributed by atoms with Crippen molar-refractivity contribution in [1.82, 2.24) is 19.4 Å². The van der Waals surface area contributed by atoms with Crippen molar-refractivity contribution < 1.29 is 13.2 Å². The van der Waals surface area contributed by atoms with Crippen molar-refractivity contribution in [3.05, 3.63) is 23.9 Å². The molecule has 0 saturated carbocycles. The Morgan fingerprint density at radius 1 is 1.30 bits per heavy atom. The number of nitrogens with zero attached hydrogens (tertiary/aromatic N) is 3. The average Bonchev–Trinajstić information content (AvgIpc) is 2.92. The summed E-state index contributed by atoms with van der Waals surface area (Å²) in [6, 6.07) is 1.43. The van der Waals surface area contributed by atoms with Crippen LogP contribution in [-0.4, -0.2) is 59.9 Å². The highest BCUT2D eigenvalue weighted by Crippen LogP contribution is 2.15. The largest absolute Gasteiger partial charge is 0.337 e. The van der Waals surface area contributed by atoms with Gasteiger partial charge in [-0.3, -0.25) is 9.89 Å². The first-order valence-electron chi connectivity index (χ1n) is 6.34. The van der Waals surface area contributed by atoms with Crippen molar-refractivity contribution in [1.29, 1.82) is 0 Å². The summed E-state index contributed by atoms with van der Waals surface area (Å²) >= 11 is 0. The molecule has 8 heteroatoms. The smallest absolute Gasteiger partial charge is 0.260 e. The number of amides is 1. The molecule has 0 spiro atoms. The first-order valence-corrected chi connectivity index (χ1v) is 7.78. The van der Waals surface area contributed by atoms with Crippen LogP contribution in [0, 0.1) is 0 Å². The Bertz CT molecular complexity index is 595. The fraction of sp³-hybridized carbons (Fsp3) is 0.500. The number of nitrogens with one attached hydrogen (secondary N) is 1. The van der Waals surface area contributed by atoms with E-state index in [0.717, 1.165) is 5.57 Å². The summed E-state index contributed by atoms with van der Waals surface area (Å²) < 4.78 is 25.9. The van der Waals surface area contributed by atoms with Crippen LogP contribution in [0.3, 0.4) is 0 Å². The predicted octanol–water partition coefficient (Wildman–Crippen LogP) is 0.209. The number of hydrogen-bond acceptors (Lipinski definition) is 4. The summed E-state index contributed by atoms with van der Waals surface area (Å²) in [5.41, 5.74) is 0.933. The van der Waals surface area contributed by atoms with Crippen molar-refractivity contribution in [3.63, 3.8) is 0 Å². The summed E-state index contributed by atoms with van der Waals surface area (Å²) in [5.74, 6) is -0.0661. The molecule has 1 aliphatic rings. The minimum absolute atomic E-state index is 0.0661. The summed E-state index contributed by atoms with van der Waals surface area (Å²) in [6.07, 6.45) is 2.97. The van der Waals surface area contributed by atoms with Crippen LogP contribution in [0.2, 0.25) is 0 Å². The Hall–Kier alpha value is -1.67. The third-order valence-electron chi connectivity index (χ3n) is 3.06. The Morgan fingerprint density at radius 2 is 1.95 bits per heavy atom. The molecule has 2 heterocycles. The van der Waals surface area contributed by atoms with Crippen LogP contribution in [-0.2, 0) is 14.8 Å². The molecule has 0 bridgehead atoms. The average molecular weight is 298 g/mol. The zero-order valence-electron chi connectivity index (χ0n) is 11.5. The Labute approximate surface area is 118 Å². The van der Waals surface area contributed by atoms with E-state index in [1.165, 1.54) is 16.6 Å². The SMILES string of the molecule is CC(C)=CC(=O)N1CCN(S(=O)(=O)c2ccn[nH]2)CC1. The van der Waals surface area contributed by atoms with Gasteiger partial charge < -0.3 is 4.90 Å². The van der Waals surface area contributed by atoms with E-state index in [1.807, 2.05) is 13.8 Å². The van der Waals surface area contributed by atoms with E-state index in [-0.39, 0.29) is 10.9 Å². The van der Waals surface area contributed by atoms with Gasteiger partial charge >= 0.3 is 0 Å². The topological polar surface area (TPSA) is 86.4 Å². The zero-order chi connectivity index (χ0) is 14.8. The molecule has 20 heavy (non-hydrogen) atoms. The van der Waals surface area contributed by atoms with Crippen molar-refractivity contribution in [2.45, 2.75) is 18.9 Å². The molecule has 0 unspecified atom stereocenters. The van der Waals surface area contributed by atoms with Crippen molar-refractivity contribution >= 4 is 15.9 Å². The minimum Gasteiger partial charge on any atom is -0.337 e. The molecule has 0 aliphatic carbocycles. The lowest BCUT2D eigenvalue weighted by Crippen LogP contribution is -2.50. The van der Waals surface area contributed by atoms with Gasteiger partial charge in [-0.25, -0.2) is 8.42 Å². The number of aromatic nitrogens is 2. The molecule has 0 aromatic carbocycles. The van der Waals surface area contributed by atoms with E-state index in [9.17, 15) is 13.2 Å². The highest BCUT2D eigenvalue weighted by Gasteiger charge is 2.30.